The van der Waals surface area contributed by atoms with Gasteiger partial charge in [-0.2, -0.15) is 0 Å². The lowest BCUT2D eigenvalue weighted by Crippen LogP contribution is -2.18. The molecule has 2 rings (SSSR count). The van der Waals surface area contributed by atoms with E-state index < -0.39 is 0 Å². The molecule has 1 aromatic rings. The van der Waals surface area contributed by atoms with E-state index in [4.69, 9.17) is 4.74 Å². The van der Waals surface area contributed by atoms with E-state index in [0.717, 1.165) is 17.6 Å². The van der Waals surface area contributed by atoms with E-state index in [0.29, 0.717) is 0 Å². The highest BCUT2D eigenvalue weighted by Crippen LogP contribution is 2.41. The molecule has 1 aliphatic rings. The van der Waals surface area contributed by atoms with E-state index in [2.05, 4.69) is 31.2 Å². The average molecular weight is 176 g/mol. The zero-order valence-corrected chi connectivity index (χ0v) is 8.29. The molecule has 1 fully saturated rings. The minimum Gasteiger partial charge on any atom is -0.497 e. The van der Waals surface area contributed by atoms with Crippen LogP contribution in [0.25, 0.3) is 0 Å². The second kappa shape index (κ2) is 3.41. The van der Waals surface area contributed by atoms with Gasteiger partial charge in [0.1, 0.15) is 5.75 Å². The average Bonchev–Trinajstić information content (AvgIpc) is 2.13. The summed E-state index contributed by atoms with van der Waals surface area (Å²) >= 11 is 0. The van der Waals surface area contributed by atoms with Crippen molar-refractivity contribution in [1.82, 2.24) is 0 Å². The summed E-state index contributed by atoms with van der Waals surface area (Å²) < 4.78 is 5.12. The number of methoxy groups -OCH3 is 1. The normalized spacial score (nSPS) is 26.6. The standard InChI is InChI=1S/C12H16O/c1-9-7-11(8-9)10-3-5-12(13-2)6-4-10/h3-6,9,11H,7-8H2,1-2H3. The third kappa shape index (κ3) is 1.69. The molecule has 0 unspecified atom stereocenters. The maximum atomic E-state index is 5.12. The fraction of sp³-hybridized carbons (Fsp3) is 0.500. The summed E-state index contributed by atoms with van der Waals surface area (Å²) in [5, 5.41) is 0. The molecule has 0 radical (unpaired) electrons. The first kappa shape index (κ1) is 8.61. The molecule has 0 amide bonds. The molecule has 1 aromatic carbocycles. The highest BCUT2D eigenvalue weighted by Gasteiger charge is 2.26. The van der Waals surface area contributed by atoms with Crippen LogP contribution in [0.5, 0.6) is 5.75 Å². The Balaban J connectivity index is 2.06. The fourth-order valence-corrected chi connectivity index (χ4v) is 2.05. The lowest BCUT2D eigenvalue weighted by Gasteiger charge is -2.33. The summed E-state index contributed by atoms with van der Waals surface area (Å²) in [6, 6.07) is 8.49. The van der Waals surface area contributed by atoms with E-state index in [1.807, 2.05) is 0 Å². The predicted molar refractivity (Wildman–Crippen MR) is 54.1 cm³/mol. The maximum Gasteiger partial charge on any atom is 0.118 e. The van der Waals surface area contributed by atoms with Crippen LogP contribution >= 0.6 is 0 Å². The molecule has 0 saturated heterocycles. The predicted octanol–water partition coefficient (Wildman–Crippen LogP) is 3.21. The van der Waals surface area contributed by atoms with Gasteiger partial charge in [-0.1, -0.05) is 19.1 Å². The summed E-state index contributed by atoms with van der Waals surface area (Å²) in [4.78, 5) is 0. The molecule has 1 heteroatoms. The molecule has 0 spiro atoms. The van der Waals surface area contributed by atoms with Crippen molar-refractivity contribution in [3.63, 3.8) is 0 Å². The lowest BCUT2D eigenvalue weighted by molar-refractivity contribution is 0.288. The number of ether oxygens (including phenoxy) is 1. The van der Waals surface area contributed by atoms with Crippen LogP contribution in [-0.4, -0.2) is 7.11 Å². The van der Waals surface area contributed by atoms with Crippen LogP contribution < -0.4 is 4.74 Å². The highest BCUT2D eigenvalue weighted by atomic mass is 16.5. The summed E-state index contributed by atoms with van der Waals surface area (Å²) in [5.41, 5.74) is 1.47. The molecule has 1 nitrogen and oxygen atoms in total. The molecule has 1 aliphatic carbocycles. The first-order valence-electron chi connectivity index (χ1n) is 4.93. The van der Waals surface area contributed by atoms with Gasteiger partial charge in [0.05, 0.1) is 7.11 Å². The highest BCUT2D eigenvalue weighted by molar-refractivity contribution is 5.30. The van der Waals surface area contributed by atoms with Crippen molar-refractivity contribution in [1.29, 1.82) is 0 Å². The molecule has 0 heterocycles. The molecule has 13 heavy (non-hydrogen) atoms. The van der Waals surface area contributed by atoms with Gasteiger partial charge in [0.2, 0.25) is 0 Å². The molecule has 0 bridgehead atoms. The number of hydrogen-bond acceptors (Lipinski definition) is 1. The first-order valence-corrected chi connectivity index (χ1v) is 4.93. The molecule has 0 aromatic heterocycles. The molecular formula is C12H16O. The van der Waals surface area contributed by atoms with Gasteiger partial charge in [-0.3, -0.25) is 0 Å². The quantitative estimate of drug-likeness (QED) is 0.672. The van der Waals surface area contributed by atoms with Crippen molar-refractivity contribution < 1.29 is 4.74 Å². The summed E-state index contributed by atoms with van der Waals surface area (Å²) in [7, 11) is 1.71. The van der Waals surface area contributed by atoms with E-state index in [-0.39, 0.29) is 0 Å². The van der Waals surface area contributed by atoms with E-state index >= 15 is 0 Å². The summed E-state index contributed by atoms with van der Waals surface area (Å²) in [5.74, 6) is 2.68. The van der Waals surface area contributed by atoms with Crippen molar-refractivity contribution in [3.8, 4) is 5.75 Å². The molecule has 1 saturated carbocycles. The minimum atomic E-state index is 0.806. The largest absolute Gasteiger partial charge is 0.497 e. The SMILES string of the molecule is COc1ccc(C2CC(C)C2)cc1. The summed E-state index contributed by atoms with van der Waals surface area (Å²) in [6.45, 7) is 2.32. The third-order valence-electron chi connectivity index (χ3n) is 2.96. The van der Waals surface area contributed by atoms with Crippen LogP contribution in [0.1, 0.15) is 31.2 Å². The Morgan fingerprint density at radius 1 is 1.15 bits per heavy atom. The zero-order valence-electron chi connectivity index (χ0n) is 8.29. The van der Waals surface area contributed by atoms with Gasteiger partial charge in [0, 0.05) is 0 Å². The van der Waals surface area contributed by atoms with Gasteiger partial charge in [-0.25, -0.2) is 0 Å². The van der Waals surface area contributed by atoms with Crippen LogP contribution in [0, 0.1) is 5.92 Å². The van der Waals surface area contributed by atoms with Gasteiger partial charge >= 0.3 is 0 Å². The minimum absolute atomic E-state index is 0.806. The summed E-state index contributed by atoms with van der Waals surface area (Å²) in [6.07, 6.45) is 2.71. The van der Waals surface area contributed by atoms with Crippen LogP contribution in [0.4, 0.5) is 0 Å². The fourth-order valence-electron chi connectivity index (χ4n) is 2.05. The Bertz CT molecular complexity index is 270. The molecule has 0 atom stereocenters. The number of rotatable bonds is 2. The second-order valence-corrected chi connectivity index (χ2v) is 4.05. The Labute approximate surface area is 79.7 Å². The van der Waals surface area contributed by atoms with Gasteiger partial charge in [0.25, 0.3) is 0 Å². The van der Waals surface area contributed by atoms with Crippen LogP contribution in [-0.2, 0) is 0 Å². The van der Waals surface area contributed by atoms with E-state index in [1.165, 1.54) is 18.4 Å². The van der Waals surface area contributed by atoms with Crippen LogP contribution in [0.3, 0.4) is 0 Å². The van der Waals surface area contributed by atoms with E-state index in [9.17, 15) is 0 Å². The topological polar surface area (TPSA) is 9.23 Å². The Morgan fingerprint density at radius 2 is 1.77 bits per heavy atom. The number of benzene rings is 1. The lowest BCUT2D eigenvalue weighted by atomic mass is 9.72. The molecular weight excluding hydrogens is 160 g/mol. The maximum absolute atomic E-state index is 5.12. The Kier molecular flexibility index (Phi) is 2.26. The molecule has 0 aliphatic heterocycles. The van der Waals surface area contributed by atoms with Gasteiger partial charge in [0.15, 0.2) is 0 Å². The van der Waals surface area contributed by atoms with Crippen molar-refractivity contribution in [3.05, 3.63) is 29.8 Å². The smallest absolute Gasteiger partial charge is 0.118 e. The molecule has 70 valence electrons. The van der Waals surface area contributed by atoms with Crippen LogP contribution in [0.2, 0.25) is 0 Å². The zero-order chi connectivity index (χ0) is 9.26. The van der Waals surface area contributed by atoms with Crippen LogP contribution in [0.15, 0.2) is 24.3 Å². The van der Waals surface area contributed by atoms with Crippen molar-refractivity contribution >= 4 is 0 Å². The van der Waals surface area contributed by atoms with Gasteiger partial charge in [-0.15, -0.1) is 0 Å². The number of hydrogen-bond donors (Lipinski definition) is 0. The third-order valence-corrected chi connectivity index (χ3v) is 2.96. The van der Waals surface area contributed by atoms with Gasteiger partial charge in [-0.05, 0) is 42.4 Å². The first-order chi connectivity index (χ1) is 6.29. The van der Waals surface area contributed by atoms with E-state index in [1.54, 1.807) is 7.11 Å². The van der Waals surface area contributed by atoms with Crippen molar-refractivity contribution in [2.24, 2.45) is 5.92 Å². The van der Waals surface area contributed by atoms with Crippen molar-refractivity contribution in [2.45, 2.75) is 25.7 Å². The van der Waals surface area contributed by atoms with Gasteiger partial charge < -0.3 is 4.74 Å². The Hall–Kier alpha value is -0.980. The Morgan fingerprint density at radius 3 is 2.23 bits per heavy atom. The van der Waals surface area contributed by atoms with Crippen molar-refractivity contribution in [2.75, 3.05) is 7.11 Å². The second-order valence-electron chi connectivity index (χ2n) is 4.05. The molecule has 0 N–H and O–H groups in total. The monoisotopic (exact) mass is 176 g/mol.